The van der Waals surface area contributed by atoms with Crippen LogP contribution in [-0.4, -0.2) is 50.7 Å². The molecule has 1 saturated carbocycles. The van der Waals surface area contributed by atoms with Crippen LogP contribution in [0.2, 0.25) is 0 Å². The highest BCUT2D eigenvalue weighted by Gasteiger charge is 2.33. The fourth-order valence-corrected chi connectivity index (χ4v) is 2.14. The van der Waals surface area contributed by atoms with Gasteiger partial charge in [0, 0.05) is 26.1 Å². The minimum absolute atomic E-state index is 0.275. The summed E-state index contributed by atoms with van der Waals surface area (Å²) in [6.45, 7) is 4.44. The van der Waals surface area contributed by atoms with Crippen LogP contribution in [0, 0.1) is 5.92 Å². The van der Waals surface area contributed by atoms with Gasteiger partial charge in [0.1, 0.15) is 0 Å². The van der Waals surface area contributed by atoms with Gasteiger partial charge in [0.15, 0.2) is 0 Å². The number of hydrogen-bond donors (Lipinski definition) is 1. The van der Waals surface area contributed by atoms with Crippen molar-refractivity contribution in [1.82, 2.24) is 10.2 Å². The summed E-state index contributed by atoms with van der Waals surface area (Å²) in [6.07, 6.45) is 4.10. The maximum absolute atomic E-state index is 12.1. The highest BCUT2D eigenvalue weighted by molar-refractivity contribution is 5.76. The van der Waals surface area contributed by atoms with Gasteiger partial charge in [-0.05, 0) is 45.7 Å². The standard InChI is InChI=1S/C13H26N2O2/c1-11(12-6-7-12)15(9-10-17-3)13(16)5-4-8-14-2/h11-12,14H,4-10H2,1-3H3. The molecule has 0 radical (unpaired) electrons. The fourth-order valence-electron chi connectivity index (χ4n) is 2.14. The molecule has 0 spiro atoms. The first-order chi connectivity index (χ1) is 8.20. The molecule has 17 heavy (non-hydrogen) atoms. The molecular weight excluding hydrogens is 216 g/mol. The highest BCUT2D eigenvalue weighted by atomic mass is 16.5. The van der Waals surface area contributed by atoms with Gasteiger partial charge in [-0.15, -0.1) is 0 Å². The second kappa shape index (κ2) is 7.67. The first-order valence-corrected chi connectivity index (χ1v) is 6.63. The van der Waals surface area contributed by atoms with Gasteiger partial charge in [0.25, 0.3) is 0 Å². The highest BCUT2D eigenvalue weighted by Crippen LogP contribution is 2.35. The summed E-state index contributed by atoms with van der Waals surface area (Å²) in [5.41, 5.74) is 0. The molecule has 1 rings (SSSR count). The molecule has 0 aliphatic heterocycles. The van der Waals surface area contributed by atoms with Crippen molar-refractivity contribution in [3.8, 4) is 0 Å². The predicted octanol–water partition coefficient (Wildman–Crippen LogP) is 1.26. The molecule has 0 heterocycles. The Morgan fingerprint density at radius 2 is 2.24 bits per heavy atom. The quantitative estimate of drug-likeness (QED) is 0.619. The van der Waals surface area contributed by atoms with Gasteiger partial charge in [-0.3, -0.25) is 4.79 Å². The summed E-state index contributed by atoms with van der Waals surface area (Å²) < 4.78 is 5.09. The Hall–Kier alpha value is -0.610. The normalized spacial score (nSPS) is 16.9. The van der Waals surface area contributed by atoms with Crippen molar-refractivity contribution in [2.24, 2.45) is 5.92 Å². The molecule has 1 aliphatic rings. The molecule has 0 aromatic heterocycles. The van der Waals surface area contributed by atoms with E-state index in [0.717, 1.165) is 25.4 Å². The Labute approximate surface area is 105 Å². The molecule has 1 atom stereocenters. The first kappa shape index (κ1) is 14.5. The van der Waals surface area contributed by atoms with E-state index in [0.29, 0.717) is 19.1 Å². The molecule has 1 N–H and O–H groups in total. The number of amides is 1. The summed E-state index contributed by atoms with van der Waals surface area (Å²) >= 11 is 0. The van der Waals surface area contributed by atoms with Gasteiger partial charge in [-0.25, -0.2) is 0 Å². The minimum atomic E-state index is 0.275. The van der Waals surface area contributed by atoms with Crippen LogP contribution in [0.5, 0.6) is 0 Å². The monoisotopic (exact) mass is 242 g/mol. The SMILES string of the molecule is CNCCCC(=O)N(CCOC)C(C)C1CC1. The lowest BCUT2D eigenvalue weighted by Gasteiger charge is -2.29. The van der Waals surface area contributed by atoms with Gasteiger partial charge in [-0.1, -0.05) is 0 Å². The number of carbonyl (C=O) groups is 1. The number of carbonyl (C=O) groups excluding carboxylic acids is 1. The molecule has 0 saturated heterocycles. The zero-order chi connectivity index (χ0) is 12.7. The van der Waals surface area contributed by atoms with Gasteiger partial charge in [-0.2, -0.15) is 0 Å². The van der Waals surface area contributed by atoms with Crippen LogP contribution in [0.15, 0.2) is 0 Å². The molecule has 1 fully saturated rings. The van der Waals surface area contributed by atoms with E-state index in [1.165, 1.54) is 12.8 Å². The van der Waals surface area contributed by atoms with E-state index in [-0.39, 0.29) is 5.91 Å². The van der Waals surface area contributed by atoms with E-state index in [9.17, 15) is 4.79 Å². The van der Waals surface area contributed by atoms with Crippen molar-refractivity contribution < 1.29 is 9.53 Å². The predicted molar refractivity (Wildman–Crippen MR) is 68.9 cm³/mol. The van der Waals surface area contributed by atoms with Gasteiger partial charge < -0.3 is 15.0 Å². The van der Waals surface area contributed by atoms with Gasteiger partial charge in [0.2, 0.25) is 5.91 Å². The molecule has 1 amide bonds. The minimum Gasteiger partial charge on any atom is -0.383 e. The van der Waals surface area contributed by atoms with Crippen LogP contribution in [-0.2, 0) is 9.53 Å². The van der Waals surface area contributed by atoms with Crippen LogP contribution in [0.1, 0.15) is 32.6 Å². The van der Waals surface area contributed by atoms with E-state index in [4.69, 9.17) is 4.74 Å². The van der Waals surface area contributed by atoms with Gasteiger partial charge in [0.05, 0.1) is 6.61 Å². The van der Waals surface area contributed by atoms with Crippen molar-refractivity contribution in [3.63, 3.8) is 0 Å². The molecule has 0 bridgehead atoms. The smallest absolute Gasteiger partial charge is 0.222 e. The lowest BCUT2D eigenvalue weighted by molar-refractivity contribution is -0.134. The number of rotatable bonds is 9. The van der Waals surface area contributed by atoms with Gasteiger partial charge >= 0.3 is 0 Å². The Morgan fingerprint density at radius 3 is 2.76 bits per heavy atom. The summed E-state index contributed by atoms with van der Waals surface area (Å²) in [5.74, 6) is 0.997. The number of hydrogen-bond acceptors (Lipinski definition) is 3. The number of nitrogens with zero attached hydrogens (tertiary/aromatic N) is 1. The third kappa shape index (κ3) is 5.04. The van der Waals surface area contributed by atoms with Crippen molar-refractivity contribution in [3.05, 3.63) is 0 Å². The zero-order valence-electron chi connectivity index (χ0n) is 11.4. The average molecular weight is 242 g/mol. The molecule has 0 aromatic carbocycles. The summed E-state index contributed by atoms with van der Waals surface area (Å²) in [7, 11) is 3.60. The largest absolute Gasteiger partial charge is 0.383 e. The molecule has 1 unspecified atom stereocenters. The van der Waals surface area contributed by atoms with Crippen LogP contribution >= 0.6 is 0 Å². The molecule has 4 nitrogen and oxygen atoms in total. The fraction of sp³-hybridized carbons (Fsp3) is 0.923. The second-order valence-electron chi connectivity index (χ2n) is 4.87. The topological polar surface area (TPSA) is 41.6 Å². The lowest BCUT2D eigenvalue weighted by atomic mass is 10.1. The molecular formula is C13H26N2O2. The zero-order valence-corrected chi connectivity index (χ0v) is 11.4. The number of ether oxygens (including phenoxy) is 1. The third-order valence-corrected chi connectivity index (χ3v) is 3.47. The van der Waals surface area contributed by atoms with Crippen molar-refractivity contribution in [2.75, 3.05) is 33.9 Å². The Balaban J connectivity index is 2.39. The Morgan fingerprint density at radius 1 is 1.53 bits per heavy atom. The molecule has 0 aromatic rings. The average Bonchev–Trinajstić information content (AvgIpc) is 3.13. The molecule has 1 aliphatic carbocycles. The van der Waals surface area contributed by atoms with E-state index in [1.807, 2.05) is 11.9 Å². The summed E-state index contributed by atoms with van der Waals surface area (Å²) in [4.78, 5) is 14.2. The van der Waals surface area contributed by atoms with E-state index in [1.54, 1.807) is 7.11 Å². The number of nitrogens with one attached hydrogen (secondary N) is 1. The lowest BCUT2D eigenvalue weighted by Crippen LogP contribution is -2.42. The molecule has 4 heteroatoms. The van der Waals surface area contributed by atoms with Crippen molar-refractivity contribution in [2.45, 2.75) is 38.6 Å². The van der Waals surface area contributed by atoms with E-state index in [2.05, 4.69) is 12.2 Å². The van der Waals surface area contributed by atoms with E-state index < -0.39 is 0 Å². The van der Waals surface area contributed by atoms with Crippen molar-refractivity contribution in [1.29, 1.82) is 0 Å². The van der Waals surface area contributed by atoms with Crippen LogP contribution in [0.25, 0.3) is 0 Å². The maximum Gasteiger partial charge on any atom is 0.222 e. The number of methoxy groups -OCH3 is 1. The second-order valence-corrected chi connectivity index (χ2v) is 4.87. The summed E-state index contributed by atoms with van der Waals surface area (Å²) in [5, 5.41) is 3.07. The van der Waals surface area contributed by atoms with Crippen molar-refractivity contribution >= 4 is 5.91 Å². The summed E-state index contributed by atoms with van der Waals surface area (Å²) in [6, 6.07) is 0.382. The van der Waals surface area contributed by atoms with Crippen LogP contribution in [0.3, 0.4) is 0 Å². The van der Waals surface area contributed by atoms with E-state index >= 15 is 0 Å². The Bertz CT molecular complexity index is 229. The Kier molecular flexibility index (Phi) is 6.52. The third-order valence-electron chi connectivity index (χ3n) is 3.47. The molecule has 100 valence electrons. The first-order valence-electron chi connectivity index (χ1n) is 6.63. The van der Waals surface area contributed by atoms with Crippen LogP contribution in [0.4, 0.5) is 0 Å². The maximum atomic E-state index is 12.1. The van der Waals surface area contributed by atoms with Crippen LogP contribution < -0.4 is 5.32 Å².